The van der Waals surface area contributed by atoms with Crippen molar-refractivity contribution >= 4 is 59.9 Å². The van der Waals surface area contributed by atoms with Gasteiger partial charge in [-0.05, 0) is 57.1 Å². The number of pyridine rings is 1. The van der Waals surface area contributed by atoms with Crippen molar-refractivity contribution in [3.05, 3.63) is 133 Å². The van der Waals surface area contributed by atoms with E-state index in [-0.39, 0.29) is 31.1 Å². The summed E-state index contributed by atoms with van der Waals surface area (Å²) in [5.74, 6) is 0. The third-order valence-electron chi connectivity index (χ3n) is 8.06. The molecule has 0 aliphatic rings. The van der Waals surface area contributed by atoms with Gasteiger partial charge in [-0.3, -0.25) is 0 Å². The first-order chi connectivity index (χ1) is 19.3. The molecule has 0 spiro atoms. The maximum atomic E-state index is 5.20. The Labute approximate surface area is 254 Å². The van der Waals surface area contributed by atoms with Gasteiger partial charge in [0.15, 0.2) is 0 Å². The summed E-state index contributed by atoms with van der Waals surface area (Å²) in [7, 11) is 0. The van der Waals surface area contributed by atoms with Crippen molar-refractivity contribution in [3.63, 3.8) is 0 Å². The Morgan fingerprint density at radius 2 is 1.32 bits per heavy atom. The molecule has 0 N–H and O–H groups in total. The Balaban J connectivity index is 0.00000245. The van der Waals surface area contributed by atoms with Crippen LogP contribution < -0.4 is 0 Å². The van der Waals surface area contributed by atoms with Gasteiger partial charge in [0.1, 0.15) is 5.65 Å². The van der Waals surface area contributed by atoms with Gasteiger partial charge in [-0.25, -0.2) is 16.1 Å². The zero-order valence-electron chi connectivity index (χ0n) is 21.4. The molecule has 0 unspecified atom stereocenters. The van der Waals surface area contributed by atoms with E-state index in [0.29, 0.717) is 0 Å². The van der Waals surface area contributed by atoms with Crippen LogP contribution in [0.1, 0.15) is 0 Å². The number of benzene rings is 6. The number of para-hydroxylation sites is 1. The molecule has 0 aliphatic carbocycles. The average Bonchev–Trinajstić information content (AvgIpc) is 3.50. The summed E-state index contributed by atoms with van der Waals surface area (Å²) in [6.45, 7) is 0. The van der Waals surface area contributed by atoms with Crippen molar-refractivity contribution in [2.45, 2.75) is 0 Å². The summed E-state index contributed by atoms with van der Waals surface area (Å²) in [6, 6.07) is 50.3. The van der Waals surface area contributed by atoms with Gasteiger partial charge in [0.2, 0.25) is 0 Å². The summed E-state index contributed by atoms with van der Waals surface area (Å²) in [5, 5.41) is 8.47. The molecular weight excluding hydrogens is 710 g/mol. The molecule has 2 nitrogen and oxygen atoms in total. The van der Waals surface area contributed by atoms with E-state index in [0.717, 1.165) is 33.2 Å². The molecule has 3 heteroatoms. The van der Waals surface area contributed by atoms with Crippen LogP contribution in [-0.2, 0) is 0 Å². The molecule has 0 saturated carbocycles. The van der Waals surface area contributed by atoms with Gasteiger partial charge >= 0.3 is 31.1 Å². The number of aromatic nitrogens is 2. The Kier molecular flexibility index (Phi) is 5.29. The average molecular weight is 731 g/mol. The van der Waals surface area contributed by atoms with Crippen molar-refractivity contribution in [3.8, 4) is 22.3 Å². The molecule has 9 aromatic rings. The van der Waals surface area contributed by atoms with Crippen LogP contribution >= 0.6 is 0 Å². The van der Waals surface area contributed by atoms with Crippen molar-refractivity contribution < 1.29 is 31.1 Å². The van der Waals surface area contributed by atoms with E-state index in [1.165, 1.54) is 49.0 Å². The molecule has 0 bridgehead atoms. The van der Waals surface area contributed by atoms with Crippen LogP contribution in [0, 0.1) is 43.2 Å². The second-order valence-electron chi connectivity index (χ2n) is 10.3. The van der Waals surface area contributed by atoms with Gasteiger partial charge in [0, 0.05) is 16.2 Å². The minimum Gasteiger partial charge on any atom is -0.312 e. The largest absolute Gasteiger partial charge is 2.00 e. The van der Waals surface area contributed by atoms with Crippen LogP contribution in [0.15, 0.2) is 121 Å². The number of fused-ring (bicyclic) bond motifs is 8. The van der Waals surface area contributed by atoms with Gasteiger partial charge in [-0.15, -0.1) is 12.1 Å². The van der Waals surface area contributed by atoms with Gasteiger partial charge in [0.05, 0.1) is 11.0 Å². The summed E-state index contributed by atoms with van der Waals surface area (Å²) >= 11 is 0. The fourth-order valence-corrected chi connectivity index (χ4v) is 6.21. The number of rotatable bonds is 2. The fourth-order valence-electron chi connectivity index (χ4n) is 6.21. The Hall–Kier alpha value is -4.16. The zero-order chi connectivity index (χ0) is 25.5. The van der Waals surface area contributed by atoms with Crippen molar-refractivity contribution in [2.75, 3.05) is 0 Å². The number of hydrogen-bond donors (Lipinski definition) is 0. The zero-order valence-corrected chi connectivity index (χ0v) is 25.6. The molecule has 40 heavy (non-hydrogen) atoms. The quantitative estimate of drug-likeness (QED) is 0.162. The van der Waals surface area contributed by atoms with E-state index in [4.69, 9.17) is 4.98 Å². The van der Waals surface area contributed by atoms with Crippen molar-refractivity contribution in [2.24, 2.45) is 0 Å². The standard InChI is InChI=1S/C37H20N2.U/c1-2-8-23(9-3-1)27-16-17-30-31-20-29(26-15-14-24-10-4-5-11-25(24)18-26)21-32-33-19-28-12-6-7-13-34(28)38-37(33)39(36(31)32)35(30)22-27;/h1-8,10-21H;/q-2;+2. The van der Waals surface area contributed by atoms with Gasteiger partial charge < -0.3 is 4.40 Å². The van der Waals surface area contributed by atoms with Crippen LogP contribution in [-0.4, -0.2) is 9.38 Å². The molecule has 3 aromatic heterocycles. The molecule has 3 heterocycles. The smallest absolute Gasteiger partial charge is 0.312 e. The third-order valence-corrected chi connectivity index (χ3v) is 8.06. The predicted octanol–water partition coefficient (Wildman–Crippen LogP) is 9.47. The second kappa shape index (κ2) is 8.93. The van der Waals surface area contributed by atoms with E-state index < -0.39 is 0 Å². The van der Waals surface area contributed by atoms with Gasteiger partial charge in [-0.2, -0.15) is 36.4 Å². The van der Waals surface area contributed by atoms with Crippen LogP contribution in [0.2, 0.25) is 0 Å². The molecular formula is C37H20N2U. The second-order valence-corrected chi connectivity index (χ2v) is 10.3. The Morgan fingerprint density at radius 1 is 0.550 bits per heavy atom. The minimum atomic E-state index is 0. The predicted molar refractivity (Wildman–Crippen MR) is 162 cm³/mol. The molecule has 0 atom stereocenters. The number of nitrogens with zero attached hydrogens (tertiary/aromatic N) is 2. The first-order valence-electron chi connectivity index (χ1n) is 13.2. The van der Waals surface area contributed by atoms with Crippen LogP contribution in [0.5, 0.6) is 0 Å². The molecule has 9 rings (SSSR count). The number of hydrogen-bond acceptors (Lipinski definition) is 1. The van der Waals surface area contributed by atoms with E-state index in [1.807, 2.05) is 12.1 Å². The van der Waals surface area contributed by atoms with Crippen molar-refractivity contribution in [1.82, 2.24) is 9.38 Å². The Morgan fingerprint density at radius 3 is 2.17 bits per heavy atom. The molecule has 0 aliphatic heterocycles. The van der Waals surface area contributed by atoms with Crippen LogP contribution in [0.3, 0.4) is 0 Å². The normalized spacial score (nSPS) is 11.8. The molecule has 0 radical (unpaired) electrons. The van der Waals surface area contributed by atoms with E-state index in [2.05, 4.69) is 126 Å². The summed E-state index contributed by atoms with van der Waals surface area (Å²) in [4.78, 5) is 5.20. The molecule has 0 saturated heterocycles. The van der Waals surface area contributed by atoms with Gasteiger partial charge in [0.25, 0.3) is 0 Å². The monoisotopic (exact) mass is 730 g/mol. The summed E-state index contributed by atoms with van der Waals surface area (Å²) in [6.07, 6.45) is 0. The van der Waals surface area contributed by atoms with Crippen molar-refractivity contribution in [1.29, 1.82) is 0 Å². The first kappa shape index (κ1) is 23.7. The molecule has 182 valence electrons. The SMILES string of the molecule is [U+2].[c-]1ccccc1-c1[c-]c2c(cc1)c1cc(-c3ccc4ccccc4c3)cc3c4cc5ccccc5nc4n2c13. The van der Waals surface area contributed by atoms with E-state index >= 15 is 0 Å². The topological polar surface area (TPSA) is 17.3 Å². The first-order valence-corrected chi connectivity index (χ1v) is 13.2. The van der Waals surface area contributed by atoms with Crippen LogP contribution in [0.4, 0.5) is 0 Å². The Bertz CT molecular complexity index is 2390. The third kappa shape index (κ3) is 3.39. The maximum Gasteiger partial charge on any atom is 2.00 e. The molecule has 6 aromatic carbocycles. The van der Waals surface area contributed by atoms with Gasteiger partial charge in [-0.1, -0.05) is 66.0 Å². The van der Waals surface area contributed by atoms with E-state index in [1.54, 1.807) is 0 Å². The maximum absolute atomic E-state index is 5.20. The minimum absolute atomic E-state index is 0. The van der Waals surface area contributed by atoms with Crippen LogP contribution in [0.25, 0.3) is 82.2 Å². The molecule has 0 amide bonds. The summed E-state index contributed by atoms with van der Waals surface area (Å²) in [5.41, 5.74) is 8.74. The fraction of sp³-hybridized carbons (Fsp3) is 0. The summed E-state index contributed by atoms with van der Waals surface area (Å²) < 4.78 is 2.32. The van der Waals surface area contributed by atoms with E-state index in [9.17, 15) is 0 Å². The molecule has 0 fully saturated rings.